The van der Waals surface area contributed by atoms with Crippen LogP contribution < -0.4 is 10.6 Å². The molecule has 0 aliphatic carbocycles. The van der Waals surface area contributed by atoms with Crippen LogP contribution in [0.5, 0.6) is 0 Å². The average Bonchev–Trinajstić information content (AvgIpc) is 3.13. The van der Waals surface area contributed by atoms with Crippen LogP contribution >= 0.6 is 35.3 Å². The van der Waals surface area contributed by atoms with E-state index in [2.05, 4.69) is 47.8 Å². The monoisotopic (exact) mass is 502 g/mol. The highest BCUT2D eigenvalue weighted by molar-refractivity contribution is 14.0. The molecule has 0 saturated heterocycles. The molecule has 0 spiro atoms. The molecule has 1 unspecified atom stereocenters. The maximum Gasteiger partial charge on any atom is 0.191 e. The van der Waals surface area contributed by atoms with Crippen molar-refractivity contribution in [3.05, 3.63) is 57.8 Å². The first-order valence-electron chi connectivity index (χ1n) is 8.91. The normalized spacial score (nSPS) is 13.8. The molecule has 1 aromatic heterocycles. The fourth-order valence-electron chi connectivity index (χ4n) is 2.64. The predicted molar refractivity (Wildman–Crippen MR) is 126 cm³/mol. The molecule has 0 aliphatic heterocycles. The minimum atomic E-state index is -0.932. The van der Waals surface area contributed by atoms with Crippen LogP contribution in [0.2, 0.25) is 0 Å². The van der Waals surface area contributed by atoms with E-state index in [1.165, 1.54) is 11.1 Å². The van der Waals surface area contributed by atoms with Gasteiger partial charge in [-0.2, -0.15) is 11.3 Å². The van der Waals surface area contributed by atoms with Crippen molar-refractivity contribution in [2.24, 2.45) is 4.99 Å². The maximum absolute atomic E-state index is 10.7. The molecule has 0 fully saturated rings. The lowest BCUT2D eigenvalue weighted by molar-refractivity contribution is 0.0621. The molecule has 3 N–H and O–H groups in total. The first-order chi connectivity index (χ1) is 12.4. The Hall–Kier alpha value is -1.16. The maximum atomic E-state index is 10.7. The van der Waals surface area contributed by atoms with E-state index in [0.717, 1.165) is 18.7 Å². The number of halogens is 1. The Labute approximate surface area is 183 Å². The molecule has 0 amide bonds. The number of nitrogens with zero attached hydrogens (tertiary/aromatic N) is 2. The third-order valence-corrected chi connectivity index (χ3v) is 4.78. The van der Waals surface area contributed by atoms with Gasteiger partial charge in [-0.05, 0) is 61.5 Å². The molecule has 0 saturated carbocycles. The lowest BCUT2D eigenvalue weighted by Crippen LogP contribution is -2.44. The molecule has 7 heteroatoms. The summed E-state index contributed by atoms with van der Waals surface area (Å²) in [5.74, 6) is 0.711. The fraction of sp³-hybridized carbons (Fsp3) is 0.450. The second-order valence-electron chi connectivity index (χ2n) is 6.84. The highest BCUT2D eigenvalue weighted by atomic mass is 127. The van der Waals surface area contributed by atoms with Crippen molar-refractivity contribution in [2.75, 3.05) is 27.2 Å². The number of thiophene rings is 1. The van der Waals surface area contributed by atoms with Crippen LogP contribution in [0.3, 0.4) is 0 Å². The van der Waals surface area contributed by atoms with Gasteiger partial charge in [0.15, 0.2) is 5.96 Å². The molecular formula is C20H31IN4OS. The van der Waals surface area contributed by atoms with Gasteiger partial charge in [-0.25, -0.2) is 4.99 Å². The van der Waals surface area contributed by atoms with Crippen molar-refractivity contribution in [2.45, 2.75) is 32.5 Å². The second kappa shape index (κ2) is 11.6. The summed E-state index contributed by atoms with van der Waals surface area (Å²) >= 11 is 1.59. The zero-order valence-corrected chi connectivity index (χ0v) is 19.7. The number of hydrogen-bond acceptors (Lipinski definition) is 4. The average molecular weight is 502 g/mol. The van der Waals surface area contributed by atoms with Crippen molar-refractivity contribution in [1.29, 1.82) is 0 Å². The number of rotatable bonds is 8. The van der Waals surface area contributed by atoms with E-state index in [1.54, 1.807) is 11.3 Å². The van der Waals surface area contributed by atoms with Gasteiger partial charge < -0.3 is 20.6 Å². The predicted octanol–water partition coefficient (Wildman–Crippen LogP) is 3.39. The quantitative estimate of drug-likeness (QED) is 0.294. The van der Waals surface area contributed by atoms with E-state index in [4.69, 9.17) is 4.99 Å². The smallest absolute Gasteiger partial charge is 0.191 e. The zero-order valence-electron chi connectivity index (χ0n) is 16.5. The van der Waals surface area contributed by atoms with Crippen LogP contribution in [-0.4, -0.2) is 43.2 Å². The number of nitrogens with one attached hydrogen (secondary N) is 2. The summed E-state index contributed by atoms with van der Waals surface area (Å²) in [6.45, 7) is 6.51. The Bertz CT molecular complexity index is 702. The summed E-state index contributed by atoms with van der Waals surface area (Å²) in [6.07, 6.45) is 0. The van der Waals surface area contributed by atoms with Crippen LogP contribution in [0.15, 0.2) is 46.1 Å². The first kappa shape index (κ1) is 23.9. The Morgan fingerprint density at radius 2 is 1.89 bits per heavy atom. The van der Waals surface area contributed by atoms with Crippen LogP contribution in [-0.2, 0) is 18.7 Å². The van der Waals surface area contributed by atoms with E-state index in [0.29, 0.717) is 19.0 Å². The van der Waals surface area contributed by atoms with Gasteiger partial charge in [0.25, 0.3) is 0 Å². The number of guanidine groups is 1. The van der Waals surface area contributed by atoms with E-state index < -0.39 is 5.60 Å². The number of benzene rings is 1. The van der Waals surface area contributed by atoms with Crippen molar-refractivity contribution in [1.82, 2.24) is 15.5 Å². The van der Waals surface area contributed by atoms with Crippen molar-refractivity contribution < 1.29 is 5.11 Å². The molecule has 150 valence electrons. The summed E-state index contributed by atoms with van der Waals surface area (Å²) < 4.78 is 0. The van der Waals surface area contributed by atoms with Crippen LogP contribution in [0.25, 0.3) is 0 Å². The molecule has 2 rings (SSSR count). The van der Waals surface area contributed by atoms with Gasteiger partial charge in [-0.15, -0.1) is 24.0 Å². The Morgan fingerprint density at radius 3 is 2.48 bits per heavy atom. The minimum Gasteiger partial charge on any atom is -0.384 e. The molecule has 0 radical (unpaired) electrons. The first-order valence-corrected chi connectivity index (χ1v) is 9.85. The van der Waals surface area contributed by atoms with Gasteiger partial charge in [0.05, 0.1) is 13.1 Å². The van der Waals surface area contributed by atoms with Crippen molar-refractivity contribution in [3.63, 3.8) is 0 Å². The van der Waals surface area contributed by atoms with Gasteiger partial charge in [0.1, 0.15) is 5.60 Å². The lowest BCUT2D eigenvalue weighted by atomic mass is 9.99. The molecule has 1 atom stereocenters. The van der Waals surface area contributed by atoms with Gasteiger partial charge in [-0.1, -0.05) is 24.3 Å². The minimum absolute atomic E-state index is 0. The van der Waals surface area contributed by atoms with Crippen LogP contribution in [0.1, 0.15) is 30.5 Å². The van der Waals surface area contributed by atoms with Crippen molar-refractivity contribution >= 4 is 41.3 Å². The topological polar surface area (TPSA) is 59.9 Å². The SMILES string of the molecule is CCNC(=NCc1ccccc1CN(C)C)NCC(C)(O)c1ccsc1.I. The Kier molecular flexibility index (Phi) is 10.3. The number of hydrogen-bond donors (Lipinski definition) is 3. The lowest BCUT2D eigenvalue weighted by Gasteiger charge is -2.24. The Morgan fingerprint density at radius 1 is 1.19 bits per heavy atom. The van der Waals surface area contributed by atoms with Gasteiger partial charge in [0, 0.05) is 13.1 Å². The second-order valence-corrected chi connectivity index (χ2v) is 7.62. The summed E-state index contributed by atoms with van der Waals surface area (Å²) in [6, 6.07) is 10.3. The molecule has 0 bridgehead atoms. The van der Waals surface area contributed by atoms with Crippen molar-refractivity contribution in [3.8, 4) is 0 Å². The third-order valence-electron chi connectivity index (χ3n) is 4.10. The zero-order chi connectivity index (χ0) is 19.0. The number of aliphatic imine (C=N–C) groups is 1. The molecule has 0 aliphatic rings. The summed E-state index contributed by atoms with van der Waals surface area (Å²) in [5, 5.41) is 21.1. The van der Waals surface area contributed by atoms with Gasteiger partial charge >= 0.3 is 0 Å². The molecule has 2 aromatic rings. The number of aliphatic hydroxyl groups is 1. The molecule has 27 heavy (non-hydrogen) atoms. The standard InChI is InChI=1S/C20H30N4OS.HI/c1-5-21-19(23-15-20(2,25)18-10-11-26-14-18)22-12-16-8-6-7-9-17(16)13-24(3)4;/h6-11,14,25H,5,12-13,15H2,1-4H3,(H2,21,22,23);1H. The molecule has 1 aromatic carbocycles. The van der Waals surface area contributed by atoms with Gasteiger partial charge in [0.2, 0.25) is 0 Å². The van der Waals surface area contributed by atoms with E-state index in [-0.39, 0.29) is 24.0 Å². The highest BCUT2D eigenvalue weighted by Gasteiger charge is 2.23. The van der Waals surface area contributed by atoms with Gasteiger partial charge in [-0.3, -0.25) is 0 Å². The highest BCUT2D eigenvalue weighted by Crippen LogP contribution is 2.22. The van der Waals surface area contributed by atoms with Crippen LogP contribution in [0, 0.1) is 0 Å². The summed E-state index contributed by atoms with van der Waals surface area (Å²) in [5.41, 5.74) is 2.48. The molecular weight excluding hydrogens is 471 g/mol. The summed E-state index contributed by atoms with van der Waals surface area (Å²) in [4.78, 5) is 6.86. The molecule has 1 heterocycles. The van der Waals surface area contributed by atoms with E-state index in [9.17, 15) is 5.11 Å². The van der Waals surface area contributed by atoms with E-state index in [1.807, 2.05) is 36.7 Å². The van der Waals surface area contributed by atoms with Crippen LogP contribution in [0.4, 0.5) is 0 Å². The van der Waals surface area contributed by atoms with E-state index >= 15 is 0 Å². The third kappa shape index (κ3) is 7.77. The largest absolute Gasteiger partial charge is 0.384 e. The fourth-order valence-corrected chi connectivity index (χ4v) is 3.42. The Balaban J connectivity index is 0.00000364. The summed E-state index contributed by atoms with van der Waals surface area (Å²) in [7, 11) is 4.14. The molecule has 5 nitrogen and oxygen atoms in total.